The molecule has 0 saturated heterocycles. The molecule has 1 heterocycles. The summed E-state index contributed by atoms with van der Waals surface area (Å²) in [7, 11) is 1.66. The second-order valence-corrected chi connectivity index (χ2v) is 7.01. The van der Waals surface area contributed by atoms with Gasteiger partial charge in [0.15, 0.2) is 5.03 Å². The van der Waals surface area contributed by atoms with Crippen molar-refractivity contribution in [2.24, 2.45) is 7.05 Å². The van der Waals surface area contributed by atoms with Crippen LogP contribution >= 0.6 is 0 Å². The molecule has 0 aliphatic rings. The van der Waals surface area contributed by atoms with Gasteiger partial charge in [-0.25, -0.2) is 18.1 Å². The highest BCUT2D eigenvalue weighted by atomic mass is 32.2. The van der Waals surface area contributed by atoms with E-state index in [0.717, 1.165) is 0 Å². The van der Waals surface area contributed by atoms with Crippen LogP contribution in [0.4, 0.5) is 0 Å². The number of aliphatic hydroxyl groups is 1. The third kappa shape index (κ3) is 4.57. The van der Waals surface area contributed by atoms with Crippen LogP contribution in [0.1, 0.15) is 12.7 Å². The first-order valence-electron chi connectivity index (χ1n) is 5.90. The van der Waals surface area contributed by atoms with Crippen molar-refractivity contribution in [2.45, 2.75) is 24.5 Å². The number of nitrogens with zero attached hydrogens (tertiary/aromatic N) is 3. The van der Waals surface area contributed by atoms with Crippen LogP contribution in [0, 0.1) is 6.92 Å². The predicted octanol–water partition coefficient (Wildman–Crippen LogP) is -0.681. The van der Waals surface area contributed by atoms with E-state index in [9.17, 15) is 13.5 Å². The lowest BCUT2D eigenvalue weighted by Gasteiger charge is -2.26. The number of rotatable bonds is 6. The second kappa shape index (κ2) is 5.58. The molecule has 0 saturated carbocycles. The largest absolute Gasteiger partial charge is 0.387 e. The lowest BCUT2D eigenvalue weighted by Crippen LogP contribution is -2.47. The molecular weight excluding hydrogens is 268 g/mol. The lowest BCUT2D eigenvalue weighted by atomic mass is 10.1. The fraction of sp³-hybridized carbons (Fsp3) is 0.727. The molecule has 0 amide bonds. The molecule has 110 valence electrons. The molecule has 1 atom stereocenters. The molecule has 2 N–H and O–H groups in total. The summed E-state index contributed by atoms with van der Waals surface area (Å²) >= 11 is 0. The molecule has 0 aromatic carbocycles. The molecule has 0 spiro atoms. The number of imidazole rings is 1. The van der Waals surface area contributed by atoms with Crippen molar-refractivity contribution in [3.05, 3.63) is 12.0 Å². The molecule has 1 aromatic heterocycles. The van der Waals surface area contributed by atoms with Gasteiger partial charge < -0.3 is 14.6 Å². The Balaban J connectivity index is 2.76. The van der Waals surface area contributed by atoms with Gasteiger partial charge in [0.25, 0.3) is 10.0 Å². The first-order valence-corrected chi connectivity index (χ1v) is 7.38. The van der Waals surface area contributed by atoms with Gasteiger partial charge in [0.1, 0.15) is 5.82 Å². The van der Waals surface area contributed by atoms with E-state index < -0.39 is 15.6 Å². The van der Waals surface area contributed by atoms with E-state index in [4.69, 9.17) is 0 Å². The topological polar surface area (TPSA) is 87.5 Å². The van der Waals surface area contributed by atoms with Crippen LogP contribution in [0.3, 0.4) is 0 Å². The average molecular weight is 290 g/mol. The van der Waals surface area contributed by atoms with E-state index in [1.807, 2.05) is 14.1 Å². The van der Waals surface area contributed by atoms with Crippen LogP contribution in [0.2, 0.25) is 0 Å². The van der Waals surface area contributed by atoms with Gasteiger partial charge in [-0.1, -0.05) is 0 Å². The minimum Gasteiger partial charge on any atom is -0.387 e. The lowest BCUT2D eigenvalue weighted by molar-refractivity contribution is 0.0386. The number of sulfonamides is 1. The molecule has 0 bridgehead atoms. The highest BCUT2D eigenvalue weighted by Crippen LogP contribution is 2.09. The Morgan fingerprint density at radius 3 is 2.53 bits per heavy atom. The summed E-state index contributed by atoms with van der Waals surface area (Å²) in [6.07, 6.45) is 1.44. The van der Waals surface area contributed by atoms with Gasteiger partial charge in [0, 0.05) is 26.3 Å². The number of likely N-dealkylation sites (N-methyl/N-ethyl adjacent to an activating group) is 1. The molecule has 19 heavy (non-hydrogen) atoms. The molecule has 8 heteroatoms. The third-order valence-corrected chi connectivity index (χ3v) is 3.93. The number of hydrogen-bond donors (Lipinski definition) is 2. The third-order valence-electron chi connectivity index (χ3n) is 2.66. The number of aromatic nitrogens is 2. The van der Waals surface area contributed by atoms with Gasteiger partial charge >= 0.3 is 0 Å². The molecule has 1 unspecified atom stereocenters. The normalized spacial score (nSPS) is 15.7. The van der Waals surface area contributed by atoms with Crippen LogP contribution in [0.5, 0.6) is 0 Å². The Bertz CT molecular complexity index is 515. The van der Waals surface area contributed by atoms with Crippen LogP contribution in [0.25, 0.3) is 0 Å². The fourth-order valence-electron chi connectivity index (χ4n) is 1.72. The summed E-state index contributed by atoms with van der Waals surface area (Å²) in [6, 6.07) is 0. The number of nitrogens with one attached hydrogen (secondary N) is 1. The summed E-state index contributed by atoms with van der Waals surface area (Å²) in [5, 5.41) is 10.0. The first-order chi connectivity index (χ1) is 8.53. The standard InChI is InChI=1S/C11H22N4O3S/c1-9-13-10(6-15(9)5)19(17,18)12-7-11(2,16)8-14(3)4/h6,12,16H,7-8H2,1-5H3. The fourth-order valence-corrected chi connectivity index (χ4v) is 2.92. The van der Waals surface area contributed by atoms with Crippen molar-refractivity contribution in [1.82, 2.24) is 19.2 Å². The second-order valence-electron chi connectivity index (χ2n) is 5.30. The van der Waals surface area contributed by atoms with Crippen molar-refractivity contribution in [3.63, 3.8) is 0 Å². The van der Waals surface area contributed by atoms with Crippen molar-refractivity contribution >= 4 is 10.0 Å². The Kier molecular flexibility index (Phi) is 4.72. The van der Waals surface area contributed by atoms with E-state index in [1.165, 1.54) is 6.20 Å². The van der Waals surface area contributed by atoms with E-state index in [0.29, 0.717) is 12.4 Å². The van der Waals surface area contributed by atoms with Crippen LogP contribution < -0.4 is 4.72 Å². The summed E-state index contributed by atoms with van der Waals surface area (Å²) < 4.78 is 28.0. The van der Waals surface area contributed by atoms with Gasteiger partial charge in [-0.3, -0.25) is 0 Å². The Morgan fingerprint density at radius 2 is 2.11 bits per heavy atom. The van der Waals surface area contributed by atoms with Crippen molar-refractivity contribution in [2.75, 3.05) is 27.2 Å². The molecule has 7 nitrogen and oxygen atoms in total. The maximum absolute atomic E-state index is 12.0. The van der Waals surface area contributed by atoms with E-state index in [-0.39, 0.29) is 11.6 Å². The molecular formula is C11H22N4O3S. The summed E-state index contributed by atoms with van der Waals surface area (Å²) in [5.41, 5.74) is -1.14. The van der Waals surface area contributed by atoms with Crippen LogP contribution in [-0.4, -0.2) is 60.8 Å². The first kappa shape index (κ1) is 16.1. The zero-order chi connectivity index (χ0) is 14.8. The average Bonchev–Trinajstić information content (AvgIpc) is 2.56. The van der Waals surface area contributed by atoms with Crippen LogP contribution in [-0.2, 0) is 17.1 Å². The van der Waals surface area contributed by atoms with Gasteiger partial charge in [-0.2, -0.15) is 0 Å². The molecule has 0 radical (unpaired) electrons. The minimum atomic E-state index is -3.69. The molecule has 0 fully saturated rings. The summed E-state index contributed by atoms with van der Waals surface area (Å²) in [6.45, 7) is 3.60. The smallest absolute Gasteiger partial charge is 0.259 e. The predicted molar refractivity (Wildman–Crippen MR) is 72.3 cm³/mol. The SMILES string of the molecule is Cc1nc(S(=O)(=O)NCC(C)(O)CN(C)C)cn1C. The van der Waals surface area contributed by atoms with Gasteiger partial charge in [0.2, 0.25) is 0 Å². The van der Waals surface area contributed by atoms with Crippen LogP contribution in [0.15, 0.2) is 11.2 Å². The highest BCUT2D eigenvalue weighted by molar-refractivity contribution is 7.89. The van der Waals surface area contributed by atoms with E-state index in [2.05, 4.69) is 9.71 Å². The zero-order valence-electron chi connectivity index (χ0n) is 12.0. The minimum absolute atomic E-state index is 0.0341. The van der Waals surface area contributed by atoms with E-state index in [1.54, 1.807) is 30.4 Å². The van der Waals surface area contributed by atoms with Crippen molar-refractivity contribution in [3.8, 4) is 0 Å². The Labute approximate surface area is 114 Å². The van der Waals surface area contributed by atoms with Gasteiger partial charge in [-0.15, -0.1) is 0 Å². The Hall–Kier alpha value is -0.960. The maximum atomic E-state index is 12.0. The molecule has 1 rings (SSSR count). The van der Waals surface area contributed by atoms with Crippen molar-refractivity contribution in [1.29, 1.82) is 0 Å². The monoisotopic (exact) mass is 290 g/mol. The van der Waals surface area contributed by atoms with Gasteiger partial charge in [0.05, 0.1) is 5.60 Å². The zero-order valence-corrected chi connectivity index (χ0v) is 12.8. The maximum Gasteiger partial charge on any atom is 0.259 e. The summed E-state index contributed by atoms with van der Waals surface area (Å²) in [5.74, 6) is 0.612. The number of hydrogen-bond acceptors (Lipinski definition) is 5. The van der Waals surface area contributed by atoms with Crippen molar-refractivity contribution < 1.29 is 13.5 Å². The Morgan fingerprint density at radius 1 is 1.53 bits per heavy atom. The molecule has 0 aliphatic carbocycles. The highest BCUT2D eigenvalue weighted by Gasteiger charge is 2.26. The van der Waals surface area contributed by atoms with E-state index >= 15 is 0 Å². The molecule has 1 aromatic rings. The molecule has 0 aliphatic heterocycles. The quantitative estimate of drug-likeness (QED) is 0.725. The number of aryl methyl sites for hydroxylation is 2. The van der Waals surface area contributed by atoms with Gasteiger partial charge in [-0.05, 0) is 27.9 Å². The summed E-state index contributed by atoms with van der Waals surface area (Å²) in [4.78, 5) is 5.75.